The number of anilines is 1. The molecule has 1 aromatic carbocycles. The standard InChI is InChI=1S/C8H6BrFN2O3S/c1-15-5-2-4(10)3-6-7(5)11-8(9)12-16(6,13)14/h2-3H,1H3,(H,11,12). The van der Waals surface area contributed by atoms with Gasteiger partial charge in [0.05, 0.1) is 7.11 Å². The lowest BCUT2D eigenvalue weighted by atomic mass is 10.3. The second-order valence-corrected chi connectivity index (χ2v) is 5.29. The van der Waals surface area contributed by atoms with Gasteiger partial charge in [0.25, 0.3) is 10.0 Å². The highest BCUT2D eigenvalue weighted by atomic mass is 79.9. The number of fused-ring (bicyclic) bond motifs is 1. The van der Waals surface area contributed by atoms with Gasteiger partial charge in [-0.1, -0.05) is 0 Å². The smallest absolute Gasteiger partial charge is 0.287 e. The van der Waals surface area contributed by atoms with E-state index in [1.807, 2.05) is 0 Å². The van der Waals surface area contributed by atoms with Gasteiger partial charge in [0.2, 0.25) is 0 Å². The second kappa shape index (κ2) is 3.70. The predicted molar refractivity (Wildman–Crippen MR) is 60.1 cm³/mol. The van der Waals surface area contributed by atoms with Crippen LogP contribution in [0.2, 0.25) is 0 Å². The Bertz CT molecular complexity index is 585. The number of sulfonamides is 1. The maximum absolute atomic E-state index is 13.2. The van der Waals surface area contributed by atoms with E-state index in [1.54, 1.807) is 0 Å². The minimum absolute atomic E-state index is 0.0323. The molecule has 8 heteroatoms. The van der Waals surface area contributed by atoms with Gasteiger partial charge < -0.3 is 10.1 Å². The van der Waals surface area contributed by atoms with E-state index in [0.29, 0.717) is 0 Å². The monoisotopic (exact) mass is 308 g/mol. The lowest BCUT2D eigenvalue weighted by molar-refractivity contribution is 0.412. The molecule has 0 fully saturated rings. The van der Waals surface area contributed by atoms with E-state index in [0.717, 1.165) is 12.1 Å². The topological polar surface area (TPSA) is 67.8 Å². The van der Waals surface area contributed by atoms with Crippen molar-refractivity contribution in [2.45, 2.75) is 4.90 Å². The minimum Gasteiger partial charge on any atom is -0.494 e. The molecule has 0 amide bonds. The van der Waals surface area contributed by atoms with Crippen LogP contribution in [0.5, 0.6) is 5.75 Å². The summed E-state index contributed by atoms with van der Waals surface area (Å²) in [6.07, 6.45) is 0. The molecule has 0 unspecified atom stereocenters. The first-order valence-electron chi connectivity index (χ1n) is 4.09. The van der Waals surface area contributed by atoms with Crippen molar-refractivity contribution in [3.63, 3.8) is 0 Å². The molecule has 0 spiro atoms. The van der Waals surface area contributed by atoms with E-state index in [9.17, 15) is 12.8 Å². The molecule has 0 atom stereocenters. The zero-order chi connectivity index (χ0) is 11.9. The summed E-state index contributed by atoms with van der Waals surface area (Å²) < 4.78 is 44.7. The number of halogens is 2. The van der Waals surface area contributed by atoms with Crippen LogP contribution < -0.4 is 10.1 Å². The lowest BCUT2D eigenvalue weighted by Crippen LogP contribution is -2.17. The number of benzene rings is 1. The maximum Gasteiger partial charge on any atom is 0.287 e. The van der Waals surface area contributed by atoms with Crippen LogP contribution in [-0.2, 0) is 10.0 Å². The summed E-state index contributed by atoms with van der Waals surface area (Å²) in [5.41, 5.74) is 0.172. The normalized spacial score (nSPS) is 17.1. The molecule has 16 heavy (non-hydrogen) atoms. The van der Waals surface area contributed by atoms with Gasteiger partial charge in [0.15, 0.2) is 4.74 Å². The molecule has 1 N–H and O–H groups in total. The average molecular weight is 309 g/mol. The fraction of sp³-hybridized carbons (Fsp3) is 0.125. The molecule has 1 aliphatic rings. The fourth-order valence-corrected chi connectivity index (χ4v) is 3.12. The first-order chi connectivity index (χ1) is 7.44. The zero-order valence-corrected chi connectivity index (χ0v) is 10.4. The fourth-order valence-electron chi connectivity index (χ4n) is 1.33. The van der Waals surface area contributed by atoms with E-state index in [-0.39, 0.29) is 21.1 Å². The van der Waals surface area contributed by atoms with Gasteiger partial charge >= 0.3 is 0 Å². The quantitative estimate of drug-likeness (QED) is 0.802. The summed E-state index contributed by atoms with van der Waals surface area (Å²) in [5.74, 6) is -0.598. The zero-order valence-electron chi connectivity index (χ0n) is 7.99. The highest BCUT2D eigenvalue weighted by molar-refractivity contribution is 9.18. The molecule has 5 nitrogen and oxygen atoms in total. The van der Waals surface area contributed by atoms with Gasteiger partial charge in [-0.25, -0.2) is 4.39 Å². The predicted octanol–water partition coefficient (Wildman–Crippen LogP) is 1.70. The summed E-state index contributed by atoms with van der Waals surface area (Å²) in [5, 5.41) is 2.66. The van der Waals surface area contributed by atoms with E-state index in [4.69, 9.17) is 4.74 Å². The largest absolute Gasteiger partial charge is 0.494 e. The van der Waals surface area contributed by atoms with Gasteiger partial charge in [-0.3, -0.25) is 0 Å². The number of amidine groups is 1. The number of methoxy groups -OCH3 is 1. The van der Waals surface area contributed by atoms with Crippen molar-refractivity contribution < 1.29 is 17.5 Å². The van der Waals surface area contributed by atoms with Crippen LogP contribution in [0.15, 0.2) is 21.4 Å². The van der Waals surface area contributed by atoms with Crippen LogP contribution in [-0.4, -0.2) is 20.3 Å². The van der Waals surface area contributed by atoms with Crippen molar-refractivity contribution in [2.75, 3.05) is 12.4 Å². The number of ether oxygens (including phenoxy) is 1. The van der Waals surface area contributed by atoms with Crippen molar-refractivity contribution in [3.05, 3.63) is 17.9 Å². The number of hydrogen-bond acceptors (Lipinski definition) is 4. The molecule has 1 aromatic rings. The lowest BCUT2D eigenvalue weighted by Gasteiger charge is -2.17. The molecule has 2 rings (SSSR count). The SMILES string of the molecule is COc1cc(F)cc2c1NC(Br)=NS2(=O)=O. The summed E-state index contributed by atoms with van der Waals surface area (Å²) in [6, 6.07) is 1.98. The van der Waals surface area contributed by atoms with E-state index >= 15 is 0 Å². The molecule has 0 saturated carbocycles. The van der Waals surface area contributed by atoms with Gasteiger partial charge in [0.1, 0.15) is 22.1 Å². The van der Waals surface area contributed by atoms with E-state index in [2.05, 4.69) is 25.6 Å². The first kappa shape index (κ1) is 11.3. The molecule has 0 radical (unpaired) electrons. The van der Waals surface area contributed by atoms with Crippen LogP contribution in [0.25, 0.3) is 0 Å². The molecule has 0 aliphatic carbocycles. The average Bonchev–Trinajstić information content (AvgIpc) is 2.17. The Morgan fingerprint density at radius 1 is 1.50 bits per heavy atom. The van der Waals surface area contributed by atoms with E-state index < -0.39 is 15.8 Å². The van der Waals surface area contributed by atoms with E-state index in [1.165, 1.54) is 7.11 Å². The van der Waals surface area contributed by atoms with Gasteiger partial charge in [-0.2, -0.15) is 8.42 Å². The van der Waals surface area contributed by atoms with Crippen molar-refractivity contribution in [2.24, 2.45) is 4.40 Å². The summed E-state index contributed by atoms with van der Waals surface area (Å²) in [7, 11) is -2.57. The molecule has 1 aliphatic heterocycles. The van der Waals surface area contributed by atoms with Gasteiger partial charge in [-0.05, 0) is 22.0 Å². The molecule has 86 valence electrons. The third-order valence-electron chi connectivity index (χ3n) is 1.96. The van der Waals surface area contributed by atoms with Crippen LogP contribution in [0.4, 0.5) is 10.1 Å². The van der Waals surface area contributed by atoms with Crippen LogP contribution in [0.3, 0.4) is 0 Å². The first-order valence-corrected chi connectivity index (χ1v) is 6.32. The highest BCUT2D eigenvalue weighted by Crippen LogP contribution is 2.36. The molecular weight excluding hydrogens is 303 g/mol. The van der Waals surface area contributed by atoms with Crippen molar-refractivity contribution in [1.82, 2.24) is 0 Å². The molecular formula is C8H6BrFN2O3S. The summed E-state index contributed by atoms with van der Waals surface area (Å²) >= 11 is 2.93. The number of nitrogens with zero attached hydrogens (tertiary/aromatic N) is 1. The van der Waals surface area contributed by atoms with Gasteiger partial charge in [-0.15, -0.1) is 4.40 Å². The Morgan fingerprint density at radius 2 is 2.19 bits per heavy atom. The van der Waals surface area contributed by atoms with Crippen molar-refractivity contribution in [3.8, 4) is 5.75 Å². The Balaban J connectivity index is 2.77. The third kappa shape index (κ3) is 1.78. The Kier molecular flexibility index (Phi) is 2.62. The Morgan fingerprint density at radius 3 is 2.81 bits per heavy atom. The number of rotatable bonds is 1. The van der Waals surface area contributed by atoms with Crippen LogP contribution in [0, 0.1) is 5.82 Å². The highest BCUT2D eigenvalue weighted by Gasteiger charge is 2.27. The molecule has 1 heterocycles. The summed E-state index contributed by atoms with van der Waals surface area (Å²) in [6.45, 7) is 0. The van der Waals surface area contributed by atoms with Gasteiger partial charge in [0, 0.05) is 6.07 Å². The Labute approximate surface area is 99.5 Å². The summed E-state index contributed by atoms with van der Waals surface area (Å²) in [4.78, 5) is -0.243. The maximum atomic E-state index is 13.2. The van der Waals surface area contributed by atoms with Crippen LogP contribution >= 0.6 is 15.9 Å². The molecule has 0 saturated heterocycles. The van der Waals surface area contributed by atoms with Crippen LogP contribution in [0.1, 0.15) is 0 Å². The Hall–Kier alpha value is -1.15. The van der Waals surface area contributed by atoms with Crippen molar-refractivity contribution in [1.29, 1.82) is 0 Å². The number of nitrogens with one attached hydrogen (secondary N) is 1. The number of hydrogen-bond donors (Lipinski definition) is 1. The van der Waals surface area contributed by atoms with Crippen molar-refractivity contribution >= 4 is 36.4 Å². The third-order valence-corrected chi connectivity index (χ3v) is 3.87. The minimum atomic E-state index is -3.89. The molecule has 0 aromatic heterocycles. The molecule has 0 bridgehead atoms. The second-order valence-electron chi connectivity index (χ2n) is 2.96.